The molecule has 9 heteroatoms. The van der Waals surface area contributed by atoms with Crippen LogP contribution in [0.4, 0.5) is 10.6 Å². The number of halogens is 1. The van der Waals surface area contributed by atoms with Gasteiger partial charge in [-0.2, -0.15) is 0 Å². The topological polar surface area (TPSA) is 93.7 Å². The number of pyridine rings is 2. The van der Waals surface area contributed by atoms with E-state index in [2.05, 4.69) is 15.3 Å². The highest BCUT2D eigenvalue weighted by atomic mass is 35.5. The van der Waals surface area contributed by atoms with Crippen LogP contribution in [0.1, 0.15) is 44.9 Å². The maximum Gasteiger partial charge on any atom is 0.410 e. The van der Waals surface area contributed by atoms with Crippen LogP contribution in [0, 0.1) is 5.92 Å². The van der Waals surface area contributed by atoms with Gasteiger partial charge >= 0.3 is 6.09 Å². The quantitative estimate of drug-likeness (QED) is 0.700. The molecule has 2 atom stereocenters. The van der Waals surface area contributed by atoms with Gasteiger partial charge in [-0.1, -0.05) is 17.7 Å². The fraction of sp³-hybridized carbons (Fsp3) is 0.500. The summed E-state index contributed by atoms with van der Waals surface area (Å²) in [6.45, 7) is 6.99. The summed E-state index contributed by atoms with van der Waals surface area (Å²) in [5.74, 6) is 1.02. The number of piperidine rings is 1. The number of ether oxygens (including phenoxy) is 2. The van der Waals surface area contributed by atoms with Gasteiger partial charge < -0.3 is 19.7 Å². The van der Waals surface area contributed by atoms with Gasteiger partial charge in [0.1, 0.15) is 22.2 Å². The average Bonchev–Trinajstić information content (AvgIpc) is 3.49. The van der Waals surface area contributed by atoms with E-state index < -0.39 is 5.60 Å². The molecule has 2 fully saturated rings. The molecule has 1 aliphatic carbocycles. The van der Waals surface area contributed by atoms with Gasteiger partial charge in [-0.25, -0.2) is 9.78 Å². The molecule has 0 spiro atoms. The molecule has 1 saturated heterocycles. The van der Waals surface area contributed by atoms with Crippen LogP contribution in [0.5, 0.6) is 5.75 Å². The first-order valence-corrected chi connectivity index (χ1v) is 11.4. The molecule has 4 rings (SSSR count). The molecule has 2 amide bonds. The van der Waals surface area contributed by atoms with Crippen LogP contribution in [0.25, 0.3) is 0 Å². The fourth-order valence-electron chi connectivity index (χ4n) is 4.39. The number of rotatable bonds is 5. The number of aromatic nitrogens is 2. The lowest BCUT2D eigenvalue weighted by Crippen LogP contribution is -2.43. The summed E-state index contributed by atoms with van der Waals surface area (Å²) in [6.07, 6.45) is 5.02. The number of hydrogen-bond donors (Lipinski definition) is 1. The molecule has 1 saturated carbocycles. The third kappa shape index (κ3) is 5.21. The molecule has 1 aliphatic heterocycles. The maximum absolute atomic E-state index is 12.4. The molecule has 1 N–H and O–H groups in total. The Hall–Kier alpha value is -2.87. The summed E-state index contributed by atoms with van der Waals surface area (Å²) in [4.78, 5) is 35.4. The minimum Gasteiger partial charge on any atom is -0.495 e. The summed E-state index contributed by atoms with van der Waals surface area (Å²) in [7, 11) is 1.51. The van der Waals surface area contributed by atoms with Crippen molar-refractivity contribution in [3.63, 3.8) is 0 Å². The number of nitrogens with one attached hydrogen (secondary N) is 1. The first-order valence-electron chi connectivity index (χ1n) is 11.0. The molecule has 2 aromatic rings. The minimum absolute atomic E-state index is 0.0308. The summed E-state index contributed by atoms with van der Waals surface area (Å²) in [5, 5.41) is 3.13. The van der Waals surface area contributed by atoms with Crippen molar-refractivity contribution < 1.29 is 19.1 Å². The molecule has 2 unspecified atom stereocenters. The number of hydrogen-bond acceptors (Lipinski definition) is 6. The lowest BCUT2D eigenvalue weighted by molar-refractivity contribution is -0.115. The number of carbonyl (C=O) groups is 2. The van der Waals surface area contributed by atoms with Crippen molar-refractivity contribution in [2.45, 2.75) is 51.0 Å². The Labute approximate surface area is 198 Å². The van der Waals surface area contributed by atoms with Gasteiger partial charge in [0.25, 0.3) is 0 Å². The zero-order chi connectivity index (χ0) is 23.8. The summed E-state index contributed by atoms with van der Waals surface area (Å²) in [5.41, 5.74) is 1.39. The molecule has 0 radical (unpaired) electrons. The predicted molar refractivity (Wildman–Crippen MR) is 125 cm³/mol. The third-order valence-corrected chi connectivity index (χ3v) is 6.44. The van der Waals surface area contributed by atoms with Crippen LogP contribution in [0.15, 0.2) is 30.6 Å². The average molecular weight is 473 g/mol. The second-order valence-electron chi connectivity index (χ2n) is 9.71. The van der Waals surface area contributed by atoms with Crippen LogP contribution < -0.4 is 10.1 Å². The lowest BCUT2D eigenvalue weighted by Gasteiger charge is -2.33. The Balaban J connectivity index is 1.33. The number of anilines is 1. The van der Waals surface area contributed by atoms with Crippen molar-refractivity contribution in [3.8, 4) is 5.75 Å². The molecule has 2 aliphatic rings. The summed E-state index contributed by atoms with van der Waals surface area (Å²) in [6, 6.07) is 5.54. The monoisotopic (exact) mass is 472 g/mol. The van der Waals surface area contributed by atoms with Crippen molar-refractivity contribution >= 4 is 29.4 Å². The number of methoxy groups -OCH3 is 1. The van der Waals surface area contributed by atoms with E-state index in [9.17, 15) is 9.59 Å². The van der Waals surface area contributed by atoms with Crippen molar-refractivity contribution in [1.82, 2.24) is 14.9 Å². The second-order valence-corrected chi connectivity index (χ2v) is 10.1. The number of nitrogens with zero attached hydrogens (tertiary/aromatic N) is 3. The van der Waals surface area contributed by atoms with E-state index in [-0.39, 0.29) is 23.8 Å². The first-order chi connectivity index (χ1) is 15.6. The van der Waals surface area contributed by atoms with E-state index in [4.69, 9.17) is 21.1 Å². The Morgan fingerprint density at radius 2 is 2.06 bits per heavy atom. The SMILES string of the molecule is COc1cc(NC(=O)Cc2ccc(C34CCN(C(=O)OC(C)(C)C)CC3C4)nc2)ncc1Cl. The first kappa shape index (κ1) is 23.3. The van der Waals surface area contributed by atoms with Crippen molar-refractivity contribution in [1.29, 1.82) is 0 Å². The number of amides is 2. The van der Waals surface area contributed by atoms with Crippen molar-refractivity contribution in [3.05, 3.63) is 46.9 Å². The number of likely N-dealkylation sites (tertiary alicyclic amines) is 1. The molecule has 2 aromatic heterocycles. The van der Waals surface area contributed by atoms with Gasteiger partial charge in [-0.05, 0) is 51.2 Å². The Bertz CT molecular complexity index is 1050. The van der Waals surface area contributed by atoms with E-state index in [0.717, 1.165) is 24.1 Å². The van der Waals surface area contributed by atoms with Crippen molar-refractivity contribution in [2.75, 3.05) is 25.5 Å². The Morgan fingerprint density at radius 1 is 1.27 bits per heavy atom. The molecule has 8 nitrogen and oxygen atoms in total. The summed E-state index contributed by atoms with van der Waals surface area (Å²) >= 11 is 5.97. The standard InChI is InChI=1S/C24H29ClN4O4/c1-23(2,3)33-22(31)29-8-7-24(11-16(24)14-29)19-6-5-15(12-26-19)9-21(30)28-20-10-18(32-4)17(25)13-27-20/h5-6,10,12-13,16H,7-9,11,14H2,1-4H3,(H,27,28,30). The van der Waals surface area contributed by atoms with Crippen LogP contribution in [0.3, 0.4) is 0 Å². The van der Waals surface area contributed by atoms with Gasteiger partial charge in [0, 0.05) is 36.5 Å². The fourth-order valence-corrected chi connectivity index (χ4v) is 4.57. The summed E-state index contributed by atoms with van der Waals surface area (Å²) < 4.78 is 10.7. The highest BCUT2D eigenvalue weighted by Crippen LogP contribution is 2.58. The molecular formula is C24H29ClN4O4. The highest BCUT2D eigenvalue weighted by molar-refractivity contribution is 6.32. The van der Waals surface area contributed by atoms with Gasteiger partial charge in [-0.15, -0.1) is 0 Å². The Morgan fingerprint density at radius 3 is 2.70 bits per heavy atom. The van der Waals surface area contributed by atoms with Gasteiger partial charge in [0.05, 0.1) is 19.7 Å². The van der Waals surface area contributed by atoms with E-state index >= 15 is 0 Å². The van der Waals surface area contributed by atoms with Crippen molar-refractivity contribution in [2.24, 2.45) is 5.92 Å². The minimum atomic E-state index is -0.492. The third-order valence-electron chi connectivity index (χ3n) is 6.16. The van der Waals surface area contributed by atoms with Crippen LogP contribution in [-0.4, -0.2) is 52.7 Å². The smallest absolute Gasteiger partial charge is 0.410 e. The molecule has 0 aromatic carbocycles. The molecule has 33 heavy (non-hydrogen) atoms. The van der Waals surface area contributed by atoms with Crippen LogP contribution in [-0.2, 0) is 21.4 Å². The normalized spacial score (nSPS) is 21.7. The Kier molecular flexibility index (Phi) is 6.22. The largest absolute Gasteiger partial charge is 0.495 e. The zero-order valence-electron chi connectivity index (χ0n) is 19.4. The number of carbonyl (C=O) groups excluding carboxylic acids is 2. The zero-order valence-corrected chi connectivity index (χ0v) is 20.1. The van der Waals surface area contributed by atoms with Gasteiger partial charge in [0.2, 0.25) is 5.91 Å². The highest BCUT2D eigenvalue weighted by Gasteiger charge is 2.59. The van der Waals surface area contributed by atoms with Gasteiger partial charge in [-0.3, -0.25) is 9.78 Å². The second kappa shape index (κ2) is 8.82. The molecule has 0 bridgehead atoms. The molecule has 3 heterocycles. The molecule has 176 valence electrons. The maximum atomic E-state index is 12.4. The van der Waals surface area contributed by atoms with E-state index in [0.29, 0.717) is 35.6 Å². The number of fused-ring (bicyclic) bond motifs is 1. The van der Waals surface area contributed by atoms with Crippen LogP contribution >= 0.6 is 11.6 Å². The predicted octanol–water partition coefficient (Wildman–Crippen LogP) is 4.22. The van der Waals surface area contributed by atoms with E-state index in [1.165, 1.54) is 13.3 Å². The van der Waals surface area contributed by atoms with E-state index in [1.807, 2.05) is 32.9 Å². The van der Waals surface area contributed by atoms with Crippen LogP contribution in [0.2, 0.25) is 5.02 Å². The van der Waals surface area contributed by atoms with E-state index in [1.54, 1.807) is 17.2 Å². The molecular weight excluding hydrogens is 444 g/mol. The lowest BCUT2D eigenvalue weighted by atomic mass is 9.91. The van der Waals surface area contributed by atoms with Gasteiger partial charge in [0.15, 0.2) is 0 Å².